The van der Waals surface area contributed by atoms with Crippen LogP contribution in [0.2, 0.25) is 0 Å². The van der Waals surface area contributed by atoms with Crippen LogP contribution in [-0.2, 0) is 21.5 Å². The van der Waals surface area contributed by atoms with Crippen molar-refractivity contribution in [2.24, 2.45) is 0 Å². The second-order valence-corrected chi connectivity index (χ2v) is 9.04. The zero-order valence-electron chi connectivity index (χ0n) is 18.2. The second-order valence-electron chi connectivity index (χ2n) is 9.04. The summed E-state index contributed by atoms with van der Waals surface area (Å²) in [5.41, 5.74) is 0.980. The van der Waals surface area contributed by atoms with Gasteiger partial charge in [-0.05, 0) is 57.7 Å². The Hall–Kier alpha value is -2.89. The summed E-state index contributed by atoms with van der Waals surface area (Å²) in [6.45, 7) is 8.20. The highest BCUT2D eigenvalue weighted by molar-refractivity contribution is 5.91. The standard InChI is InChI=1S/C24H31N3O3/c1-18(26-22(29)30-23(2,3)4)16-27(17-19-9-8-14-25-15-19)21(28)24(12-13-24)20-10-6-5-7-11-20/h5-11,14-15,18H,12-13,16-17H2,1-4H3,(H,26,29)/t18-/m1/s1. The zero-order valence-corrected chi connectivity index (χ0v) is 18.2. The van der Waals surface area contributed by atoms with Crippen molar-refractivity contribution < 1.29 is 14.3 Å². The summed E-state index contributed by atoms with van der Waals surface area (Å²) in [6, 6.07) is 13.5. The molecule has 0 saturated heterocycles. The molecule has 0 unspecified atom stereocenters. The van der Waals surface area contributed by atoms with Crippen molar-refractivity contribution in [2.45, 2.75) is 64.1 Å². The van der Waals surface area contributed by atoms with Gasteiger partial charge in [0.1, 0.15) is 5.60 Å². The Morgan fingerprint density at radius 1 is 1.17 bits per heavy atom. The number of benzene rings is 1. The fraction of sp³-hybridized carbons (Fsp3) is 0.458. The van der Waals surface area contributed by atoms with E-state index >= 15 is 0 Å². The first-order chi connectivity index (χ1) is 14.2. The second kappa shape index (κ2) is 8.86. The summed E-state index contributed by atoms with van der Waals surface area (Å²) in [4.78, 5) is 31.8. The Bertz CT molecular complexity index is 858. The molecule has 6 nitrogen and oxygen atoms in total. The van der Waals surface area contributed by atoms with Crippen molar-refractivity contribution in [1.82, 2.24) is 15.2 Å². The third-order valence-electron chi connectivity index (χ3n) is 5.13. The number of nitrogens with one attached hydrogen (secondary N) is 1. The Balaban J connectivity index is 1.75. The Morgan fingerprint density at radius 2 is 1.87 bits per heavy atom. The van der Waals surface area contributed by atoms with E-state index in [-0.39, 0.29) is 11.9 Å². The largest absolute Gasteiger partial charge is 0.444 e. The molecule has 1 aliphatic carbocycles. The van der Waals surface area contributed by atoms with Gasteiger partial charge >= 0.3 is 6.09 Å². The minimum atomic E-state index is -0.569. The molecule has 0 spiro atoms. The van der Waals surface area contributed by atoms with E-state index in [1.54, 1.807) is 12.4 Å². The molecular formula is C24H31N3O3. The smallest absolute Gasteiger partial charge is 0.407 e. The van der Waals surface area contributed by atoms with Crippen LogP contribution in [0.25, 0.3) is 0 Å². The molecule has 30 heavy (non-hydrogen) atoms. The van der Waals surface area contributed by atoms with Gasteiger partial charge < -0.3 is 15.0 Å². The number of nitrogens with zero attached hydrogens (tertiary/aromatic N) is 2. The van der Waals surface area contributed by atoms with Gasteiger partial charge in [-0.3, -0.25) is 9.78 Å². The third kappa shape index (κ3) is 5.59. The number of ether oxygens (including phenoxy) is 1. The lowest BCUT2D eigenvalue weighted by Gasteiger charge is -2.31. The van der Waals surface area contributed by atoms with Crippen LogP contribution in [0.4, 0.5) is 4.79 Å². The summed E-state index contributed by atoms with van der Waals surface area (Å²) in [5.74, 6) is 0.0930. The SMILES string of the molecule is C[C@H](CN(Cc1cccnc1)C(=O)C1(c2ccccc2)CC1)NC(=O)OC(C)(C)C. The first-order valence-electron chi connectivity index (χ1n) is 10.4. The van der Waals surface area contributed by atoms with Crippen molar-refractivity contribution in [3.63, 3.8) is 0 Å². The van der Waals surface area contributed by atoms with Crippen LogP contribution in [0, 0.1) is 0 Å². The van der Waals surface area contributed by atoms with Crippen molar-refractivity contribution in [3.05, 3.63) is 66.0 Å². The number of carbonyl (C=O) groups is 2. The lowest BCUT2D eigenvalue weighted by molar-refractivity contribution is -0.135. The highest BCUT2D eigenvalue weighted by Crippen LogP contribution is 2.49. The normalized spacial score (nSPS) is 15.7. The molecule has 160 valence electrons. The molecule has 1 aromatic heterocycles. The quantitative estimate of drug-likeness (QED) is 0.749. The third-order valence-corrected chi connectivity index (χ3v) is 5.13. The highest BCUT2D eigenvalue weighted by atomic mass is 16.6. The molecule has 1 aromatic carbocycles. The molecule has 3 rings (SSSR count). The number of hydrogen-bond acceptors (Lipinski definition) is 4. The number of rotatable bonds is 7. The fourth-order valence-electron chi connectivity index (χ4n) is 3.63. The average molecular weight is 410 g/mol. The monoisotopic (exact) mass is 409 g/mol. The average Bonchev–Trinajstić information content (AvgIpc) is 3.49. The molecule has 1 aliphatic rings. The molecule has 1 fully saturated rings. The van der Waals surface area contributed by atoms with E-state index in [4.69, 9.17) is 4.74 Å². The van der Waals surface area contributed by atoms with Gasteiger partial charge in [-0.15, -0.1) is 0 Å². The van der Waals surface area contributed by atoms with E-state index in [0.717, 1.165) is 24.0 Å². The lowest BCUT2D eigenvalue weighted by atomic mass is 9.94. The molecule has 1 atom stereocenters. The number of hydrogen-bond donors (Lipinski definition) is 1. The van der Waals surface area contributed by atoms with Gasteiger partial charge in [0.25, 0.3) is 0 Å². The predicted octanol–water partition coefficient (Wildman–Crippen LogP) is 4.06. The van der Waals surface area contributed by atoms with E-state index in [1.807, 2.05) is 75.1 Å². The molecule has 0 bridgehead atoms. The Labute approximate surface area is 178 Å². The van der Waals surface area contributed by atoms with Crippen molar-refractivity contribution in [1.29, 1.82) is 0 Å². The van der Waals surface area contributed by atoms with E-state index in [0.29, 0.717) is 13.1 Å². The van der Waals surface area contributed by atoms with Gasteiger partial charge in [-0.1, -0.05) is 36.4 Å². The minimum absolute atomic E-state index is 0.0930. The molecule has 0 aliphatic heterocycles. The minimum Gasteiger partial charge on any atom is -0.444 e. The summed E-state index contributed by atoms with van der Waals surface area (Å²) >= 11 is 0. The summed E-state index contributed by atoms with van der Waals surface area (Å²) in [7, 11) is 0. The maximum Gasteiger partial charge on any atom is 0.407 e. The highest BCUT2D eigenvalue weighted by Gasteiger charge is 2.53. The molecule has 1 heterocycles. The number of aromatic nitrogens is 1. The predicted molar refractivity (Wildman–Crippen MR) is 116 cm³/mol. The molecule has 1 saturated carbocycles. The van der Waals surface area contributed by atoms with Crippen LogP contribution in [0.3, 0.4) is 0 Å². The number of alkyl carbamates (subject to hydrolysis) is 1. The molecule has 0 radical (unpaired) electrons. The molecule has 1 N–H and O–H groups in total. The summed E-state index contributed by atoms with van der Waals surface area (Å²) < 4.78 is 5.35. The fourth-order valence-corrected chi connectivity index (χ4v) is 3.63. The van der Waals surface area contributed by atoms with Crippen LogP contribution >= 0.6 is 0 Å². The summed E-state index contributed by atoms with van der Waals surface area (Å²) in [5, 5.41) is 2.85. The maximum atomic E-state index is 13.6. The van der Waals surface area contributed by atoms with Gasteiger partial charge in [-0.2, -0.15) is 0 Å². The zero-order chi connectivity index (χ0) is 21.8. The Kier molecular flexibility index (Phi) is 6.44. The molecule has 6 heteroatoms. The maximum absolute atomic E-state index is 13.6. The molecule has 2 amide bonds. The van der Waals surface area contributed by atoms with E-state index in [2.05, 4.69) is 10.3 Å². The van der Waals surface area contributed by atoms with Crippen molar-refractivity contribution >= 4 is 12.0 Å². The van der Waals surface area contributed by atoms with Crippen molar-refractivity contribution in [2.75, 3.05) is 6.54 Å². The van der Waals surface area contributed by atoms with Crippen LogP contribution in [0.1, 0.15) is 51.7 Å². The Morgan fingerprint density at radius 3 is 2.43 bits per heavy atom. The first-order valence-corrected chi connectivity index (χ1v) is 10.4. The first kappa shape index (κ1) is 21.8. The van der Waals surface area contributed by atoms with Gasteiger partial charge in [0.2, 0.25) is 5.91 Å². The van der Waals surface area contributed by atoms with Crippen LogP contribution in [0.5, 0.6) is 0 Å². The van der Waals surface area contributed by atoms with E-state index < -0.39 is 17.1 Å². The number of amides is 2. The van der Waals surface area contributed by atoms with E-state index in [9.17, 15) is 9.59 Å². The van der Waals surface area contributed by atoms with Gasteiger partial charge in [0.05, 0.1) is 5.41 Å². The van der Waals surface area contributed by atoms with Crippen LogP contribution in [-0.4, -0.2) is 40.1 Å². The topological polar surface area (TPSA) is 71.5 Å². The van der Waals surface area contributed by atoms with Gasteiger partial charge in [-0.25, -0.2) is 4.79 Å². The lowest BCUT2D eigenvalue weighted by Crippen LogP contribution is -2.48. The molecular weight excluding hydrogens is 378 g/mol. The van der Waals surface area contributed by atoms with Crippen molar-refractivity contribution in [3.8, 4) is 0 Å². The number of pyridine rings is 1. The van der Waals surface area contributed by atoms with E-state index in [1.165, 1.54) is 0 Å². The van der Waals surface area contributed by atoms with Gasteiger partial charge in [0, 0.05) is 31.5 Å². The number of carbonyl (C=O) groups excluding carboxylic acids is 2. The van der Waals surface area contributed by atoms with Gasteiger partial charge in [0.15, 0.2) is 0 Å². The molecule has 2 aromatic rings. The summed E-state index contributed by atoms with van der Waals surface area (Å²) in [6.07, 6.45) is 4.69. The van der Waals surface area contributed by atoms with Crippen LogP contribution < -0.4 is 5.32 Å². The van der Waals surface area contributed by atoms with Crippen LogP contribution in [0.15, 0.2) is 54.9 Å².